The molecule has 0 spiro atoms. The number of aryl methyl sites for hydroxylation is 2. The minimum absolute atomic E-state index is 0.0969. The van der Waals surface area contributed by atoms with Gasteiger partial charge >= 0.3 is 6.03 Å². The molecule has 0 saturated carbocycles. The molecular formula is C19H24N2O. The van der Waals surface area contributed by atoms with Crippen molar-refractivity contribution in [2.24, 2.45) is 0 Å². The summed E-state index contributed by atoms with van der Waals surface area (Å²) in [5.41, 5.74) is 5.00. The average molecular weight is 296 g/mol. The maximum absolute atomic E-state index is 11.7. The minimum atomic E-state index is -0.0969. The zero-order valence-electron chi connectivity index (χ0n) is 13.4. The molecule has 0 aliphatic heterocycles. The lowest BCUT2D eigenvalue weighted by Crippen LogP contribution is -2.37. The Hall–Kier alpha value is -2.29. The van der Waals surface area contributed by atoms with Gasteiger partial charge in [-0.05, 0) is 37.8 Å². The first-order valence-corrected chi connectivity index (χ1v) is 7.76. The molecule has 0 aromatic heterocycles. The molecule has 0 atom stereocenters. The fourth-order valence-corrected chi connectivity index (χ4v) is 2.44. The van der Waals surface area contributed by atoms with Crippen molar-refractivity contribution in [2.45, 2.75) is 26.7 Å². The highest BCUT2D eigenvalue weighted by molar-refractivity contribution is 5.73. The van der Waals surface area contributed by atoms with Crippen LogP contribution in [-0.4, -0.2) is 19.1 Å². The highest BCUT2D eigenvalue weighted by atomic mass is 16.2. The number of nitrogens with one attached hydrogen (secondary N) is 2. The molecule has 0 saturated heterocycles. The van der Waals surface area contributed by atoms with E-state index in [1.807, 2.05) is 12.1 Å². The second-order valence-electron chi connectivity index (χ2n) is 5.66. The van der Waals surface area contributed by atoms with E-state index in [1.54, 1.807) is 0 Å². The molecule has 0 unspecified atom stereocenters. The van der Waals surface area contributed by atoms with Crippen LogP contribution >= 0.6 is 0 Å². The topological polar surface area (TPSA) is 41.1 Å². The van der Waals surface area contributed by atoms with Gasteiger partial charge in [0.15, 0.2) is 0 Å². The highest BCUT2D eigenvalue weighted by Crippen LogP contribution is 2.04. The van der Waals surface area contributed by atoms with E-state index in [2.05, 4.69) is 60.9 Å². The molecular weight excluding hydrogens is 272 g/mol. The van der Waals surface area contributed by atoms with Crippen LogP contribution in [-0.2, 0) is 12.8 Å². The van der Waals surface area contributed by atoms with Crippen LogP contribution in [0.2, 0.25) is 0 Å². The van der Waals surface area contributed by atoms with Gasteiger partial charge in [0, 0.05) is 13.1 Å². The van der Waals surface area contributed by atoms with E-state index >= 15 is 0 Å². The summed E-state index contributed by atoms with van der Waals surface area (Å²) in [6.45, 7) is 5.46. The third-order valence-electron chi connectivity index (χ3n) is 3.56. The quantitative estimate of drug-likeness (QED) is 0.843. The van der Waals surface area contributed by atoms with E-state index in [0.29, 0.717) is 13.1 Å². The molecule has 2 aromatic rings. The second-order valence-corrected chi connectivity index (χ2v) is 5.66. The SMILES string of the molecule is Cc1cccc(CCNC(=O)NCCc2cccc(C)c2)c1. The second kappa shape index (κ2) is 8.23. The van der Waals surface area contributed by atoms with Crippen LogP contribution in [0, 0.1) is 13.8 Å². The summed E-state index contributed by atoms with van der Waals surface area (Å²) >= 11 is 0. The predicted octanol–water partition coefficient (Wildman–Crippen LogP) is 3.39. The summed E-state index contributed by atoms with van der Waals surface area (Å²) in [5.74, 6) is 0. The molecule has 0 bridgehead atoms. The van der Waals surface area contributed by atoms with E-state index in [-0.39, 0.29) is 6.03 Å². The Bertz CT molecular complexity index is 569. The van der Waals surface area contributed by atoms with Gasteiger partial charge in [0.2, 0.25) is 0 Å². The molecule has 2 aromatic carbocycles. The van der Waals surface area contributed by atoms with Crippen molar-refractivity contribution in [2.75, 3.05) is 13.1 Å². The van der Waals surface area contributed by atoms with Crippen LogP contribution in [0.25, 0.3) is 0 Å². The van der Waals surface area contributed by atoms with Crippen molar-refractivity contribution in [1.29, 1.82) is 0 Å². The third kappa shape index (κ3) is 5.60. The fraction of sp³-hybridized carbons (Fsp3) is 0.316. The van der Waals surface area contributed by atoms with Gasteiger partial charge in [-0.15, -0.1) is 0 Å². The van der Waals surface area contributed by atoms with Gasteiger partial charge in [0.25, 0.3) is 0 Å². The summed E-state index contributed by atoms with van der Waals surface area (Å²) < 4.78 is 0. The number of amides is 2. The Kier molecular flexibility index (Phi) is 6.01. The summed E-state index contributed by atoms with van der Waals surface area (Å²) in [5, 5.41) is 5.80. The summed E-state index contributed by atoms with van der Waals surface area (Å²) in [6, 6.07) is 16.6. The Balaban J connectivity index is 1.64. The van der Waals surface area contributed by atoms with Crippen molar-refractivity contribution in [3.8, 4) is 0 Å². The van der Waals surface area contributed by atoms with Gasteiger partial charge in [-0.2, -0.15) is 0 Å². The summed E-state index contributed by atoms with van der Waals surface area (Å²) in [4.78, 5) is 11.7. The molecule has 0 fully saturated rings. The lowest BCUT2D eigenvalue weighted by Gasteiger charge is -2.08. The van der Waals surface area contributed by atoms with E-state index in [0.717, 1.165) is 12.8 Å². The van der Waals surface area contributed by atoms with E-state index < -0.39 is 0 Å². The summed E-state index contributed by atoms with van der Waals surface area (Å²) in [7, 11) is 0. The van der Waals surface area contributed by atoms with Crippen LogP contribution < -0.4 is 10.6 Å². The fourth-order valence-electron chi connectivity index (χ4n) is 2.44. The number of carbonyl (C=O) groups is 1. The molecule has 0 radical (unpaired) electrons. The minimum Gasteiger partial charge on any atom is -0.338 e. The zero-order chi connectivity index (χ0) is 15.8. The predicted molar refractivity (Wildman–Crippen MR) is 91.2 cm³/mol. The third-order valence-corrected chi connectivity index (χ3v) is 3.56. The first-order chi connectivity index (χ1) is 10.6. The first kappa shape index (κ1) is 16.1. The smallest absolute Gasteiger partial charge is 0.314 e. The largest absolute Gasteiger partial charge is 0.338 e. The van der Waals surface area contributed by atoms with Gasteiger partial charge < -0.3 is 10.6 Å². The van der Waals surface area contributed by atoms with Gasteiger partial charge in [-0.25, -0.2) is 4.79 Å². The van der Waals surface area contributed by atoms with Crippen molar-refractivity contribution in [3.63, 3.8) is 0 Å². The number of hydrogen-bond donors (Lipinski definition) is 2. The van der Waals surface area contributed by atoms with Crippen LogP contribution in [0.15, 0.2) is 48.5 Å². The summed E-state index contributed by atoms with van der Waals surface area (Å²) in [6.07, 6.45) is 1.71. The van der Waals surface area contributed by atoms with Crippen LogP contribution in [0.1, 0.15) is 22.3 Å². The van der Waals surface area contributed by atoms with Gasteiger partial charge in [-0.1, -0.05) is 59.7 Å². The standard InChI is InChI=1S/C19H24N2O/c1-15-5-3-7-17(13-15)9-11-20-19(22)21-12-10-18-8-4-6-16(2)14-18/h3-8,13-14H,9-12H2,1-2H3,(H2,20,21,22). The molecule has 116 valence electrons. The molecule has 22 heavy (non-hydrogen) atoms. The normalized spacial score (nSPS) is 10.3. The molecule has 2 amide bonds. The Morgan fingerprint density at radius 3 is 1.68 bits per heavy atom. The van der Waals surface area contributed by atoms with Crippen molar-refractivity contribution < 1.29 is 4.79 Å². The number of benzene rings is 2. The average Bonchev–Trinajstić information content (AvgIpc) is 2.47. The molecule has 3 nitrogen and oxygen atoms in total. The molecule has 2 N–H and O–H groups in total. The monoisotopic (exact) mass is 296 g/mol. The Morgan fingerprint density at radius 2 is 1.27 bits per heavy atom. The lowest BCUT2D eigenvalue weighted by molar-refractivity contribution is 0.241. The number of urea groups is 1. The number of rotatable bonds is 6. The number of hydrogen-bond acceptors (Lipinski definition) is 1. The van der Waals surface area contributed by atoms with Crippen molar-refractivity contribution in [1.82, 2.24) is 10.6 Å². The Labute approximate surface area is 132 Å². The van der Waals surface area contributed by atoms with Crippen molar-refractivity contribution in [3.05, 3.63) is 70.8 Å². The van der Waals surface area contributed by atoms with Crippen LogP contribution in [0.5, 0.6) is 0 Å². The molecule has 2 rings (SSSR count). The zero-order valence-corrected chi connectivity index (χ0v) is 13.4. The Morgan fingerprint density at radius 1 is 0.818 bits per heavy atom. The van der Waals surface area contributed by atoms with Crippen molar-refractivity contribution >= 4 is 6.03 Å². The van der Waals surface area contributed by atoms with Gasteiger partial charge in [0.1, 0.15) is 0 Å². The highest BCUT2D eigenvalue weighted by Gasteiger charge is 2.00. The van der Waals surface area contributed by atoms with Crippen LogP contribution in [0.3, 0.4) is 0 Å². The molecule has 0 heterocycles. The molecule has 0 aliphatic rings. The molecule has 0 aliphatic carbocycles. The maximum Gasteiger partial charge on any atom is 0.314 e. The van der Waals surface area contributed by atoms with Gasteiger partial charge in [0.05, 0.1) is 0 Å². The first-order valence-electron chi connectivity index (χ1n) is 7.76. The van der Waals surface area contributed by atoms with Crippen LogP contribution in [0.4, 0.5) is 4.79 Å². The van der Waals surface area contributed by atoms with Gasteiger partial charge in [-0.3, -0.25) is 0 Å². The lowest BCUT2D eigenvalue weighted by atomic mass is 10.1. The van der Waals surface area contributed by atoms with E-state index in [1.165, 1.54) is 22.3 Å². The maximum atomic E-state index is 11.7. The van der Waals surface area contributed by atoms with E-state index in [9.17, 15) is 4.79 Å². The number of carbonyl (C=O) groups excluding carboxylic acids is 1. The molecule has 3 heteroatoms. The van der Waals surface area contributed by atoms with E-state index in [4.69, 9.17) is 0 Å².